The van der Waals surface area contributed by atoms with E-state index in [0.29, 0.717) is 11.3 Å². The third kappa shape index (κ3) is 4.04. The van der Waals surface area contributed by atoms with E-state index in [0.717, 1.165) is 23.7 Å². The molecule has 1 atom stereocenters. The summed E-state index contributed by atoms with van der Waals surface area (Å²) in [5.41, 5.74) is 6.97. The van der Waals surface area contributed by atoms with E-state index in [1.54, 1.807) is 18.2 Å². The van der Waals surface area contributed by atoms with Gasteiger partial charge in [0.25, 0.3) is 5.91 Å². The van der Waals surface area contributed by atoms with Gasteiger partial charge in [-0.25, -0.2) is 0 Å². The van der Waals surface area contributed by atoms with E-state index in [1.807, 2.05) is 0 Å². The molecule has 0 saturated heterocycles. The first kappa shape index (κ1) is 14.0. The van der Waals surface area contributed by atoms with Gasteiger partial charge in [0.1, 0.15) is 0 Å². The minimum absolute atomic E-state index is 0.0361. The number of carbonyl (C=O) groups excluding carboxylic acids is 1. The SMILES string of the molecule is CCCC(CC)NC(=O)c1ccc(N)c(Br)c1. The number of hydrogen-bond acceptors (Lipinski definition) is 2. The number of nitrogens with two attached hydrogens (primary N) is 1. The van der Waals surface area contributed by atoms with E-state index in [-0.39, 0.29) is 11.9 Å². The second kappa shape index (κ2) is 6.64. The monoisotopic (exact) mass is 298 g/mol. The first-order valence-electron chi connectivity index (χ1n) is 5.94. The molecule has 0 saturated carbocycles. The second-order valence-electron chi connectivity index (χ2n) is 4.10. The molecule has 0 aromatic heterocycles. The highest BCUT2D eigenvalue weighted by molar-refractivity contribution is 9.10. The molecular formula is C13H19BrN2O. The van der Waals surface area contributed by atoms with Gasteiger partial charge < -0.3 is 11.1 Å². The van der Waals surface area contributed by atoms with Crippen molar-refractivity contribution in [1.29, 1.82) is 0 Å². The summed E-state index contributed by atoms with van der Waals surface area (Å²) < 4.78 is 0.758. The molecule has 0 fully saturated rings. The number of hydrogen-bond donors (Lipinski definition) is 2. The van der Waals surface area contributed by atoms with Crippen LogP contribution in [0.25, 0.3) is 0 Å². The first-order valence-corrected chi connectivity index (χ1v) is 6.73. The van der Waals surface area contributed by atoms with E-state index in [2.05, 4.69) is 35.1 Å². The van der Waals surface area contributed by atoms with Crippen LogP contribution in [0.4, 0.5) is 5.69 Å². The molecule has 1 unspecified atom stereocenters. The Balaban J connectivity index is 2.72. The minimum atomic E-state index is -0.0361. The highest BCUT2D eigenvalue weighted by Gasteiger charge is 2.12. The van der Waals surface area contributed by atoms with Gasteiger partial charge in [0.05, 0.1) is 0 Å². The Labute approximate surface area is 111 Å². The molecule has 17 heavy (non-hydrogen) atoms. The van der Waals surface area contributed by atoms with Gasteiger partial charge in [0.15, 0.2) is 0 Å². The lowest BCUT2D eigenvalue weighted by Gasteiger charge is -2.16. The Bertz CT molecular complexity index is 393. The molecule has 1 aromatic rings. The molecule has 3 nitrogen and oxygen atoms in total. The van der Waals surface area contributed by atoms with E-state index < -0.39 is 0 Å². The maximum Gasteiger partial charge on any atom is 0.251 e. The molecule has 0 bridgehead atoms. The number of anilines is 1. The first-order chi connectivity index (χ1) is 8.08. The number of amides is 1. The summed E-state index contributed by atoms with van der Waals surface area (Å²) in [4.78, 5) is 12.0. The fourth-order valence-electron chi connectivity index (χ4n) is 1.66. The molecule has 3 N–H and O–H groups in total. The molecule has 0 aliphatic rings. The number of benzene rings is 1. The quantitative estimate of drug-likeness (QED) is 0.819. The second-order valence-corrected chi connectivity index (χ2v) is 4.96. The third-order valence-corrected chi connectivity index (χ3v) is 3.41. The molecule has 0 aliphatic carbocycles. The summed E-state index contributed by atoms with van der Waals surface area (Å²) in [6.45, 7) is 4.20. The smallest absolute Gasteiger partial charge is 0.251 e. The number of nitrogen functional groups attached to an aromatic ring is 1. The maximum absolute atomic E-state index is 12.0. The molecule has 0 aliphatic heterocycles. The van der Waals surface area contributed by atoms with Gasteiger partial charge >= 0.3 is 0 Å². The Morgan fingerprint density at radius 1 is 1.47 bits per heavy atom. The fraction of sp³-hybridized carbons (Fsp3) is 0.462. The maximum atomic E-state index is 12.0. The largest absolute Gasteiger partial charge is 0.398 e. The van der Waals surface area contributed by atoms with Crippen LogP contribution in [-0.2, 0) is 0 Å². The zero-order valence-corrected chi connectivity index (χ0v) is 11.9. The average Bonchev–Trinajstić information content (AvgIpc) is 2.31. The van der Waals surface area contributed by atoms with Gasteiger partial charge in [-0.2, -0.15) is 0 Å². The van der Waals surface area contributed by atoms with E-state index in [1.165, 1.54) is 0 Å². The van der Waals surface area contributed by atoms with Crippen LogP contribution in [0.3, 0.4) is 0 Å². The van der Waals surface area contributed by atoms with Crippen molar-refractivity contribution in [1.82, 2.24) is 5.32 Å². The molecule has 1 rings (SSSR count). The summed E-state index contributed by atoms with van der Waals surface area (Å²) in [5.74, 6) is -0.0361. The van der Waals surface area contributed by atoms with E-state index in [4.69, 9.17) is 5.73 Å². The normalized spacial score (nSPS) is 12.2. The van der Waals surface area contributed by atoms with Crippen LogP contribution in [-0.4, -0.2) is 11.9 Å². The van der Waals surface area contributed by atoms with E-state index in [9.17, 15) is 4.79 Å². The van der Waals surface area contributed by atoms with Gasteiger partial charge in [-0.1, -0.05) is 20.3 Å². The van der Waals surface area contributed by atoms with Crippen molar-refractivity contribution >= 4 is 27.5 Å². The standard InChI is InChI=1S/C13H19BrN2O/c1-3-5-10(4-2)16-13(17)9-6-7-12(15)11(14)8-9/h6-8,10H,3-5,15H2,1-2H3,(H,16,17). The summed E-state index contributed by atoms with van der Waals surface area (Å²) >= 11 is 3.32. The van der Waals surface area contributed by atoms with Crippen LogP contribution >= 0.6 is 15.9 Å². The summed E-state index contributed by atoms with van der Waals surface area (Å²) in [6.07, 6.45) is 3.04. The molecule has 0 radical (unpaired) electrons. The predicted molar refractivity (Wildman–Crippen MR) is 75.0 cm³/mol. The van der Waals surface area contributed by atoms with Crippen molar-refractivity contribution in [2.45, 2.75) is 39.2 Å². The average molecular weight is 299 g/mol. The van der Waals surface area contributed by atoms with Crippen LogP contribution < -0.4 is 11.1 Å². The van der Waals surface area contributed by atoms with Crippen LogP contribution in [0.2, 0.25) is 0 Å². The van der Waals surface area contributed by atoms with Gasteiger partial charge in [-0.15, -0.1) is 0 Å². The Kier molecular flexibility index (Phi) is 5.48. The number of halogens is 1. The highest BCUT2D eigenvalue weighted by Crippen LogP contribution is 2.20. The molecule has 0 heterocycles. The lowest BCUT2D eigenvalue weighted by molar-refractivity contribution is 0.0933. The Hall–Kier alpha value is -1.03. The molecular weight excluding hydrogens is 280 g/mol. The minimum Gasteiger partial charge on any atom is -0.398 e. The zero-order valence-electron chi connectivity index (χ0n) is 10.3. The predicted octanol–water partition coefficient (Wildman–Crippen LogP) is 3.34. The number of nitrogens with one attached hydrogen (secondary N) is 1. The summed E-state index contributed by atoms with van der Waals surface area (Å²) in [6, 6.07) is 5.49. The van der Waals surface area contributed by atoms with Crippen molar-refractivity contribution in [3.05, 3.63) is 28.2 Å². The molecule has 1 amide bonds. The Morgan fingerprint density at radius 2 is 2.18 bits per heavy atom. The van der Waals surface area contributed by atoms with Gasteiger partial charge in [-0.05, 0) is 47.0 Å². The number of carbonyl (C=O) groups is 1. The fourth-order valence-corrected chi connectivity index (χ4v) is 2.04. The van der Waals surface area contributed by atoms with Crippen LogP contribution in [0.1, 0.15) is 43.5 Å². The molecule has 4 heteroatoms. The number of rotatable bonds is 5. The third-order valence-electron chi connectivity index (χ3n) is 2.73. The van der Waals surface area contributed by atoms with Gasteiger partial charge in [0.2, 0.25) is 0 Å². The zero-order chi connectivity index (χ0) is 12.8. The van der Waals surface area contributed by atoms with Crippen LogP contribution in [0, 0.1) is 0 Å². The Morgan fingerprint density at radius 3 is 2.71 bits per heavy atom. The van der Waals surface area contributed by atoms with Crippen molar-refractivity contribution in [2.75, 3.05) is 5.73 Å². The van der Waals surface area contributed by atoms with Crippen molar-refractivity contribution in [2.24, 2.45) is 0 Å². The lowest BCUT2D eigenvalue weighted by atomic mass is 10.1. The summed E-state index contributed by atoms with van der Waals surface area (Å²) in [7, 11) is 0. The van der Waals surface area contributed by atoms with Crippen molar-refractivity contribution in [3.8, 4) is 0 Å². The van der Waals surface area contributed by atoms with Gasteiger partial charge in [0, 0.05) is 21.8 Å². The topological polar surface area (TPSA) is 55.1 Å². The molecule has 0 spiro atoms. The molecule has 1 aromatic carbocycles. The van der Waals surface area contributed by atoms with E-state index >= 15 is 0 Å². The molecule has 94 valence electrons. The highest BCUT2D eigenvalue weighted by atomic mass is 79.9. The van der Waals surface area contributed by atoms with Crippen LogP contribution in [0.15, 0.2) is 22.7 Å². The van der Waals surface area contributed by atoms with Crippen LogP contribution in [0.5, 0.6) is 0 Å². The van der Waals surface area contributed by atoms with Gasteiger partial charge in [-0.3, -0.25) is 4.79 Å². The van der Waals surface area contributed by atoms with Crippen molar-refractivity contribution < 1.29 is 4.79 Å². The summed E-state index contributed by atoms with van der Waals surface area (Å²) in [5, 5.41) is 3.03. The lowest BCUT2D eigenvalue weighted by Crippen LogP contribution is -2.34. The van der Waals surface area contributed by atoms with Crippen molar-refractivity contribution in [3.63, 3.8) is 0 Å².